The molecule has 4 aromatic heterocycles. The van der Waals surface area contributed by atoms with Crippen LogP contribution < -0.4 is 5.32 Å². The predicted octanol–water partition coefficient (Wildman–Crippen LogP) is 4.45. The first-order valence-electron chi connectivity index (χ1n) is 10.6. The number of pyridine rings is 3. The van der Waals surface area contributed by atoms with Gasteiger partial charge in [0.1, 0.15) is 0 Å². The average molecular weight is 441 g/mol. The highest BCUT2D eigenvalue weighted by atomic mass is 32.1. The predicted molar refractivity (Wildman–Crippen MR) is 128 cm³/mol. The molecule has 0 unspecified atom stereocenters. The van der Waals surface area contributed by atoms with E-state index in [9.17, 15) is 0 Å². The van der Waals surface area contributed by atoms with Crippen molar-refractivity contribution in [2.75, 3.05) is 0 Å². The molecule has 0 aromatic carbocycles. The Morgan fingerprint density at radius 1 is 0.969 bits per heavy atom. The fourth-order valence-corrected chi connectivity index (χ4v) is 4.87. The Labute approximate surface area is 193 Å². The van der Waals surface area contributed by atoms with Gasteiger partial charge in [-0.1, -0.05) is 6.07 Å². The van der Waals surface area contributed by atoms with E-state index in [2.05, 4.69) is 61.8 Å². The minimum absolute atomic E-state index is 0.00202. The van der Waals surface area contributed by atoms with Crippen molar-refractivity contribution >= 4 is 17.3 Å². The van der Waals surface area contributed by atoms with Crippen LogP contribution in [0, 0.1) is 13.8 Å². The lowest BCUT2D eigenvalue weighted by molar-refractivity contribution is 0.310. The van der Waals surface area contributed by atoms with Crippen LogP contribution in [0.25, 0.3) is 5.69 Å². The molecule has 7 heteroatoms. The van der Waals surface area contributed by atoms with E-state index >= 15 is 0 Å². The van der Waals surface area contributed by atoms with E-state index < -0.39 is 0 Å². The zero-order chi connectivity index (χ0) is 22.1. The Bertz CT molecular complexity index is 1220. The van der Waals surface area contributed by atoms with Crippen molar-refractivity contribution in [2.45, 2.75) is 32.5 Å². The van der Waals surface area contributed by atoms with Crippen LogP contribution in [0.5, 0.6) is 0 Å². The Hall–Kier alpha value is -3.58. The molecule has 0 spiro atoms. The summed E-state index contributed by atoms with van der Waals surface area (Å²) in [4.78, 5) is 15.4. The lowest BCUT2D eigenvalue weighted by Crippen LogP contribution is -2.29. The number of hydrogen-bond acceptors (Lipinski definition) is 4. The molecule has 5 rings (SSSR count). The summed E-state index contributed by atoms with van der Waals surface area (Å²) in [5, 5.41) is 4.27. The summed E-state index contributed by atoms with van der Waals surface area (Å²) in [7, 11) is 0. The third-order valence-corrected chi connectivity index (χ3v) is 6.35. The van der Waals surface area contributed by atoms with Gasteiger partial charge in [0.05, 0.1) is 29.7 Å². The molecule has 0 bridgehead atoms. The quantitative estimate of drug-likeness (QED) is 0.463. The number of rotatable bonds is 5. The molecule has 1 N–H and O–H groups in total. The van der Waals surface area contributed by atoms with E-state index in [4.69, 9.17) is 12.2 Å². The van der Waals surface area contributed by atoms with Crippen LogP contribution in [-0.2, 0) is 6.54 Å². The highest BCUT2D eigenvalue weighted by molar-refractivity contribution is 7.80. The molecule has 1 aliphatic heterocycles. The van der Waals surface area contributed by atoms with Gasteiger partial charge in [-0.3, -0.25) is 15.0 Å². The molecular weight excluding hydrogens is 416 g/mol. The first-order chi connectivity index (χ1) is 15.6. The van der Waals surface area contributed by atoms with E-state index in [0.29, 0.717) is 6.54 Å². The Balaban J connectivity index is 1.62. The molecule has 0 amide bonds. The van der Waals surface area contributed by atoms with Crippen LogP contribution in [0.2, 0.25) is 0 Å². The summed E-state index contributed by atoms with van der Waals surface area (Å²) in [6, 6.07) is 16.4. The summed E-state index contributed by atoms with van der Waals surface area (Å²) in [6.07, 6.45) is 9.17. The molecule has 0 radical (unpaired) electrons. The molecule has 160 valence electrons. The second kappa shape index (κ2) is 8.51. The van der Waals surface area contributed by atoms with Crippen LogP contribution in [-0.4, -0.2) is 29.5 Å². The van der Waals surface area contributed by atoms with Gasteiger partial charge in [0.15, 0.2) is 5.11 Å². The summed E-state index contributed by atoms with van der Waals surface area (Å²) < 4.78 is 2.25. The van der Waals surface area contributed by atoms with Crippen molar-refractivity contribution in [3.05, 3.63) is 108 Å². The Morgan fingerprint density at radius 2 is 1.81 bits per heavy atom. The maximum atomic E-state index is 5.82. The van der Waals surface area contributed by atoms with Gasteiger partial charge < -0.3 is 14.8 Å². The van der Waals surface area contributed by atoms with E-state index in [-0.39, 0.29) is 12.1 Å². The molecule has 2 atom stereocenters. The molecule has 32 heavy (non-hydrogen) atoms. The molecule has 0 saturated carbocycles. The van der Waals surface area contributed by atoms with Gasteiger partial charge in [-0.15, -0.1) is 0 Å². The van der Waals surface area contributed by atoms with E-state index in [1.165, 1.54) is 11.3 Å². The molecule has 0 aliphatic carbocycles. The van der Waals surface area contributed by atoms with Gasteiger partial charge in [-0.05, 0) is 79.7 Å². The number of nitrogens with zero attached hydrogens (tertiary/aromatic N) is 5. The molecule has 5 heterocycles. The highest BCUT2D eigenvalue weighted by Gasteiger charge is 2.41. The number of nitrogens with one attached hydrogen (secondary N) is 1. The monoisotopic (exact) mass is 440 g/mol. The normalized spacial score (nSPS) is 18.1. The van der Waals surface area contributed by atoms with Crippen LogP contribution in [0.3, 0.4) is 0 Å². The zero-order valence-electron chi connectivity index (χ0n) is 18.0. The Morgan fingerprint density at radius 3 is 2.53 bits per heavy atom. The maximum Gasteiger partial charge on any atom is 0.170 e. The van der Waals surface area contributed by atoms with Gasteiger partial charge in [-0.2, -0.15) is 0 Å². The van der Waals surface area contributed by atoms with E-state index in [1.807, 2.05) is 55.1 Å². The van der Waals surface area contributed by atoms with Crippen molar-refractivity contribution < 1.29 is 0 Å². The SMILES string of the molecule is Cc1cc([C@@H]2[C@H](c3ccccn3)NC(=S)N2Cc2ccncc2)c(C)n1-c1cccnc1. The largest absolute Gasteiger partial charge is 0.352 e. The number of aromatic nitrogens is 4. The smallest absolute Gasteiger partial charge is 0.170 e. The van der Waals surface area contributed by atoms with Crippen molar-refractivity contribution in [3.63, 3.8) is 0 Å². The second-order valence-corrected chi connectivity index (χ2v) is 8.37. The summed E-state index contributed by atoms with van der Waals surface area (Å²) in [5.41, 5.74) is 6.75. The molecule has 6 nitrogen and oxygen atoms in total. The summed E-state index contributed by atoms with van der Waals surface area (Å²) in [6.45, 7) is 4.99. The topological polar surface area (TPSA) is 58.9 Å². The van der Waals surface area contributed by atoms with Gasteiger partial charge >= 0.3 is 0 Å². The fourth-order valence-electron chi connectivity index (χ4n) is 4.57. The van der Waals surface area contributed by atoms with Crippen LogP contribution >= 0.6 is 12.2 Å². The summed E-state index contributed by atoms with van der Waals surface area (Å²) in [5.74, 6) is 0. The maximum absolute atomic E-state index is 5.82. The van der Waals surface area contributed by atoms with Crippen LogP contribution in [0.1, 0.15) is 40.3 Å². The second-order valence-electron chi connectivity index (χ2n) is 7.98. The van der Waals surface area contributed by atoms with Crippen molar-refractivity contribution in [2.24, 2.45) is 0 Å². The lowest BCUT2D eigenvalue weighted by atomic mass is 9.96. The third kappa shape index (κ3) is 3.65. The zero-order valence-corrected chi connectivity index (χ0v) is 18.8. The molecular formula is C25H24N6S. The van der Waals surface area contributed by atoms with E-state index in [0.717, 1.165) is 27.8 Å². The molecule has 1 saturated heterocycles. The van der Waals surface area contributed by atoms with Crippen molar-refractivity contribution in [1.82, 2.24) is 29.7 Å². The van der Waals surface area contributed by atoms with Crippen molar-refractivity contribution in [1.29, 1.82) is 0 Å². The van der Waals surface area contributed by atoms with Gasteiger partial charge in [0, 0.05) is 42.7 Å². The van der Waals surface area contributed by atoms with Crippen molar-refractivity contribution in [3.8, 4) is 5.69 Å². The molecule has 4 aromatic rings. The van der Waals surface area contributed by atoms with E-state index in [1.54, 1.807) is 6.20 Å². The minimum Gasteiger partial charge on any atom is -0.352 e. The van der Waals surface area contributed by atoms with Crippen LogP contribution in [0.15, 0.2) is 79.5 Å². The Kier molecular flexibility index (Phi) is 5.41. The number of thiocarbonyl (C=S) groups is 1. The standard InChI is InChI=1S/C25H24N6S/c1-17-14-21(18(2)31(17)20-6-5-10-27-15-20)24-23(22-7-3-4-11-28-22)29-25(32)30(24)16-19-8-12-26-13-9-19/h3-15,23-24H,16H2,1-2H3,(H,29,32)/t23-,24+/m0/s1. The minimum atomic E-state index is -0.0478. The molecule has 1 fully saturated rings. The first-order valence-corrected chi connectivity index (χ1v) is 11.0. The first kappa shape index (κ1) is 20.3. The highest BCUT2D eigenvalue weighted by Crippen LogP contribution is 2.42. The van der Waals surface area contributed by atoms with Gasteiger partial charge in [0.2, 0.25) is 0 Å². The lowest BCUT2D eigenvalue weighted by Gasteiger charge is -2.28. The van der Waals surface area contributed by atoms with Crippen LogP contribution in [0.4, 0.5) is 0 Å². The number of aryl methyl sites for hydroxylation is 1. The fraction of sp³-hybridized carbons (Fsp3) is 0.200. The van der Waals surface area contributed by atoms with Gasteiger partial charge in [-0.25, -0.2) is 0 Å². The summed E-state index contributed by atoms with van der Waals surface area (Å²) >= 11 is 5.82. The third-order valence-electron chi connectivity index (χ3n) is 5.99. The number of hydrogen-bond donors (Lipinski definition) is 1. The molecule has 1 aliphatic rings. The average Bonchev–Trinajstić information content (AvgIpc) is 3.30. The van der Waals surface area contributed by atoms with Gasteiger partial charge in [0.25, 0.3) is 0 Å².